The molecule has 0 unspecified atom stereocenters. The standard InChI is InChI=1S/C18H19NO/c1-3-5-18(20)16-8-10-17(11-9-16)19-13-15-7-4-6-14(2)12-15/h4,6-13H,3,5H2,1-2H3. The molecule has 2 heteroatoms. The second-order valence-corrected chi connectivity index (χ2v) is 4.89. The lowest BCUT2D eigenvalue weighted by atomic mass is 10.1. The van der Waals surface area contributed by atoms with E-state index in [1.807, 2.05) is 49.5 Å². The monoisotopic (exact) mass is 265 g/mol. The first-order valence-electron chi connectivity index (χ1n) is 6.93. The van der Waals surface area contributed by atoms with E-state index in [4.69, 9.17) is 0 Å². The Kier molecular flexibility index (Phi) is 4.83. The highest BCUT2D eigenvalue weighted by Gasteiger charge is 2.03. The van der Waals surface area contributed by atoms with E-state index in [0.29, 0.717) is 6.42 Å². The molecule has 2 aromatic carbocycles. The second-order valence-electron chi connectivity index (χ2n) is 4.89. The maximum Gasteiger partial charge on any atom is 0.162 e. The third kappa shape index (κ3) is 3.89. The molecule has 2 aromatic rings. The Hall–Kier alpha value is -2.22. The number of nitrogens with zero attached hydrogens (tertiary/aromatic N) is 1. The van der Waals surface area contributed by atoms with Crippen LogP contribution in [0.1, 0.15) is 41.3 Å². The molecule has 0 aromatic heterocycles. The highest BCUT2D eigenvalue weighted by molar-refractivity contribution is 5.96. The number of aliphatic imine (C=N–C) groups is 1. The Labute approximate surface area is 120 Å². The molecule has 0 saturated carbocycles. The maximum atomic E-state index is 11.7. The number of aryl methyl sites for hydroxylation is 1. The molecule has 20 heavy (non-hydrogen) atoms. The number of carbonyl (C=O) groups is 1. The van der Waals surface area contributed by atoms with E-state index in [1.165, 1.54) is 5.56 Å². The Morgan fingerprint density at radius 1 is 1.15 bits per heavy atom. The number of rotatable bonds is 5. The molecule has 102 valence electrons. The average Bonchev–Trinajstić information content (AvgIpc) is 2.46. The van der Waals surface area contributed by atoms with Gasteiger partial charge >= 0.3 is 0 Å². The number of hydrogen-bond donors (Lipinski definition) is 0. The van der Waals surface area contributed by atoms with E-state index < -0.39 is 0 Å². The number of hydrogen-bond acceptors (Lipinski definition) is 2. The van der Waals surface area contributed by atoms with Crippen LogP contribution in [0.5, 0.6) is 0 Å². The molecule has 0 aliphatic heterocycles. The van der Waals surface area contributed by atoms with Crippen molar-refractivity contribution in [1.82, 2.24) is 0 Å². The lowest BCUT2D eigenvalue weighted by Gasteiger charge is -2.00. The van der Waals surface area contributed by atoms with Gasteiger partial charge in [-0.3, -0.25) is 9.79 Å². The molecule has 0 heterocycles. The molecule has 0 saturated heterocycles. The van der Waals surface area contributed by atoms with Crippen molar-refractivity contribution in [2.45, 2.75) is 26.7 Å². The van der Waals surface area contributed by atoms with Gasteiger partial charge in [0.1, 0.15) is 0 Å². The van der Waals surface area contributed by atoms with Gasteiger partial charge in [0.05, 0.1) is 5.69 Å². The first kappa shape index (κ1) is 14.2. The number of carbonyl (C=O) groups excluding carboxylic acids is 1. The van der Waals surface area contributed by atoms with Crippen molar-refractivity contribution in [2.24, 2.45) is 4.99 Å². The summed E-state index contributed by atoms with van der Waals surface area (Å²) >= 11 is 0. The molecule has 0 aliphatic rings. The van der Waals surface area contributed by atoms with Gasteiger partial charge in [-0.2, -0.15) is 0 Å². The molecule has 0 fully saturated rings. The van der Waals surface area contributed by atoms with Crippen molar-refractivity contribution in [3.8, 4) is 0 Å². The zero-order valence-corrected chi connectivity index (χ0v) is 12.0. The van der Waals surface area contributed by atoms with Crippen LogP contribution < -0.4 is 0 Å². The van der Waals surface area contributed by atoms with Gasteiger partial charge in [0.2, 0.25) is 0 Å². The third-order valence-corrected chi connectivity index (χ3v) is 3.07. The van der Waals surface area contributed by atoms with Crippen LogP contribution in [0.15, 0.2) is 53.5 Å². The Balaban J connectivity index is 2.09. The summed E-state index contributed by atoms with van der Waals surface area (Å²) < 4.78 is 0. The summed E-state index contributed by atoms with van der Waals surface area (Å²) in [5.74, 6) is 0.196. The Morgan fingerprint density at radius 3 is 2.55 bits per heavy atom. The van der Waals surface area contributed by atoms with Gasteiger partial charge in [-0.1, -0.05) is 36.8 Å². The van der Waals surface area contributed by atoms with E-state index >= 15 is 0 Å². The summed E-state index contributed by atoms with van der Waals surface area (Å²) in [6.45, 7) is 4.07. The zero-order chi connectivity index (χ0) is 14.4. The fraction of sp³-hybridized carbons (Fsp3) is 0.222. The number of ketones is 1. The van der Waals surface area contributed by atoms with Gasteiger partial charge in [0.15, 0.2) is 5.78 Å². The minimum absolute atomic E-state index is 0.196. The summed E-state index contributed by atoms with van der Waals surface area (Å²) in [6.07, 6.45) is 3.33. The second kappa shape index (κ2) is 6.80. The lowest BCUT2D eigenvalue weighted by Crippen LogP contribution is -1.96. The summed E-state index contributed by atoms with van der Waals surface area (Å²) in [5.41, 5.74) is 3.92. The highest BCUT2D eigenvalue weighted by atomic mass is 16.1. The Bertz CT molecular complexity index is 612. The normalized spacial score (nSPS) is 10.9. The molecule has 2 nitrogen and oxygen atoms in total. The third-order valence-electron chi connectivity index (χ3n) is 3.07. The van der Waals surface area contributed by atoms with Crippen molar-refractivity contribution < 1.29 is 4.79 Å². The van der Waals surface area contributed by atoms with Gasteiger partial charge in [-0.05, 0) is 43.2 Å². The minimum Gasteiger partial charge on any atom is -0.294 e. The van der Waals surface area contributed by atoms with Crippen LogP contribution in [-0.4, -0.2) is 12.0 Å². The van der Waals surface area contributed by atoms with Gasteiger partial charge in [0, 0.05) is 18.2 Å². The molecule has 0 radical (unpaired) electrons. The van der Waals surface area contributed by atoms with Crippen LogP contribution in [0.2, 0.25) is 0 Å². The first-order valence-corrected chi connectivity index (χ1v) is 6.93. The molecule has 2 rings (SSSR count). The van der Waals surface area contributed by atoms with Crippen molar-refractivity contribution in [2.75, 3.05) is 0 Å². The van der Waals surface area contributed by atoms with Crippen molar-refractivity contribution in [1.29, 1.82) is 0 Å². The summed E-state index contributed by atoms with van der Waals surface area (Å²) in [6, 6.07) is 15.7. The predicted molar refractivity (Wildman–Crippen MR) is 84.1 cm³/mol. The molecule has 0 spiro atoms. The number of Topliss-reactive ketones (excluding diaryl/α,β-unsaturated/α-hetero) is 1. The molecular formula is C18H19NO. The lowest BCUT2D eigenvalue weighted by molar-refractivity contribution is 0.0982. The van der Waals surface area contributed by atoms with Gasteiger partial charge in [0.25, 0.3) is 0 Å². The topological polar surface area (TPSA) is 29.4 Å². The SMILES string of the molecule is CCCC(=O)c1ccc(N=Cc2cccc(C)c2)cc1. The predicted octanol–water partition coefficient (Wildman–Crippen LogP) is 4.73. The fourth-order valence-electron chi connectivity index (χ4n) is 2.00. The van der Waals surface area contributed by atoms with Crippen LogP contribution in [-0.2, 0) is 0 Å². The number of benzene rings is 2. The maximum absolute atomic E-state index is 11.7. The molecule has 0 amide bonds. The van der Waals surface area contributed by atoms with Crippen LogP contribution in [0.25, 0.3) is 0 Å². The largest absolute Gasteiger partial charge is 0.294 e. The zero-order valence-electron chi connectivity index (χ0n) is 12.0. The highest BCUT2D eigenvalue weighted by Crippen LogP contribution is 2.15. The van der Waals surface area contributed by atoms with Gasteiger partial charge in [-0.15, -0.1) is 0 Å². The quantitative estimate of drug-likeness (QED) is 0.567. The minimum atomic E-state index is 0.196. The Morgan fingerprint density at radius 2 is 1.90 bits per heavy atom. The molecule has 0 aliphatic carbocycles. The van der Waals surface area contributed by atoms with E-state index in [2.05, 4.69) is 24.0 Å². The van der Waals surface area contributed by atoms with E-state index in [9.17, 15) is 4.79 Å². The molecule has 0 atom stereocenters. The van der Waals surface area contributed by atoms with Crippen LogP contribution in [0.3, 0.4) is 0 Å². The summed E-state index contributed by atoms with van der Waals surface area (Å²) in [4.78, 5) is 16.2. The fourth-order valence-corrected chi connectivity index (χ4v) is 2.00. The first-order chi connectivity index (χ1) is 9.69. The van der Waals surface area contributed by atoms with Gasteiger partial charge in [-0.25, -0.2) is 0 Å². The van der Waals surface area contributed by atoms with E-state index in [0.717, 1.165) is 23.2 Å². The summed E-state index contributed by atoms with van der Waals surface area (Å²) in [5, 5.41) is 0. The van der Waals surface area contributed by atoms with Crippen LogP contribution >= 0.6 is 0 Å². The molecule has 0 N–H and O–H groups in total. The van der Waals surface area contributed by atoms with Crippen molar-refractivity contribution in [3.05, 3.63) is 65.2 Å². The molecule has 0 bridgehead atoms. The van der Waals surface area contributed by atoms with Crippen molar-refractivity contribution >= 4 is 17.7 Å². The molecular weight excluding hydrogens is 246 g/mol. The van der Waals surface area contributed by atoms with E-state index in [-0.39, 0.29) is 5.78 Å². The smallest absolute Gasteiger partial charge is 0.162 e. The van der Waals surface area contributed by atoms with Crippen LogP contribution in [0.4, 0.5) is 5.69 Å². The van der Waals surface area contributed by atoms with Crippen LogP contribution in [0, 0.1) is 6.92 Å². The van der Waals surface area contributed by atoms with E-state index in [1.54, 1.807) is 0 Å². The average molecular weight is 265 g/mol. The summed E-state index contributed by atoms with van der Waals surface area (Å²) in [7, 11) is 0. The van der Waals surface area contributed by atoms with Crippen molar-refractivity contribution in [3.63, 3.8) is 0 Å². The van der Waals surface area contributed by atoms with Gasteiger partial charge < -0.3 is 0 Å².